The zero-order chi connectivity index (χ0) is 17.6. The van der Waals surface area contributed by atoms with Crippen LogP contribution in [0.15, 0.2) is 53.4 Å². The summed E-state index contributed by atoms with van der Waals surface area (Å²) in [6.07, 6.45) is 0. The zero-order valence-corrected chi connectivity index (χ0v) is 16.4. The highest BCUT2D eigenvalue weighted by Gasteiger charge is 2.11. The SMILES string of the molecule is COC(=O)c1ccc(C#C[Si](C)(C)C)c(SCc2ccccc2)c1. The minimum Gasteiger partial charge on any atom is -0.465 e. The van der Waals surface area contributed by atoms with Gasteiger partial charge in [-0.05, 0) is 23.8 Å². The molecular formula is C20H22O2SSi. The molecule has 0 aliphatic carbocycles. The second-order valence-corrected chi connectivity index (χ2v) is 12.2. The number of carbonyl (C=O) groups is 1. The van der Waals surface area contributed by atoms with Crippen LogP contribution in [0.5, 0.6) is 0 Å². The van der Waals surface area contributed by atoms with Crippen molar-refractivity contribution in [2.24, 2.45) is 0 Å². The first-order chi connectivity index (χ1) is 11.4. The lowest BCUT2D eigenvalue weighted by molar-refractivity contribution is 0.0600. The molecule has 0 radical (unpaired) electrons. The third-order valence-corrected chi connectivity index (χ3v) is 5.21. The Kier molecular flexibility index (Phi) is 6.30. The van der Waals surface area contributed by atoms with E-state index in [1.807, 2.05) is 30.3 Å². The molecule has 124 valence electrons. The van der Waals surface area contributed by atoms with Crippen molar-refractivity contribution in [3.8, 4) is 11.5 Å². The molecule has 0 N–H and O–H groups in total. The van der Waals surface area contributed by atoms with E-state index in [0.29, 0.717) is 5.56 Å². The maximum atomic E-state index is 11.8. The smallest absolute Gasteiger partial charge is 0.337 e. The normalized spacial score (nSPS) is 10.7. The lowest BCUT2D eigenvalue weighted by Gasteiger charge is -2.09. The van der Waals surface area contributed by atoms with Crippen molar-refractivity contribution in [3.63, 3.8) is 0 Å². The van der Waals surface area contributed by atoms with Crippen LogP contribution in [0.1, 0.15) is 21.5 Å². The summed E-state index contributed by atoms with van der Waals surface area (Å²) in [6.45, 7) is 6.67. The Labute approximate surface area is 149 Å². The lowest BCUT2D eigenvalue weighted by atomic mass is 10.1. The van der Waals surface area contributed by atoms with Crippen LogP contribution >= 0.6 is 11.8 Å². The molecule has 24 heavy (non-hydrogen) atoms. The lowest BCUT2D eigenvalue weighted by Crippen LogP contribution is -2.16. The molecule has 0 spiro atoms. The van der Waals surface area contributed by atoms with Crippen molar-refractivity contribution in [1.82, 2.24) is 0 Å². The average molecular weight is 355 g/mol. The van der Waals surface area contributed by atoms with E-state index < -0.39 is 8.07 Å². The predicted octanol–water partition coefficient (Wildman–Crippen LogP) is 4.99. The van der Waals surface area contributed by atoms with Crippen LogP contribution in [0.25, 0.3) is 0 Å². The first kappa shape index (κ1) is 18.4. The average Bonchev–Trinajstić information content (AvgIpc) is 2.58. The maximum Gasteiger partial charge on any atom is 0.337 e. The van der Waals surface area contributed by atoms with Crippen LogP contribution in [-0.4, -0.2) is 21.2 Å². The zero-order valence-electron chi connectivity index (χ0n) is 14.6. The summed E-state index contributed by atoms with van der Waals surface area (Å²) in [5.74, 6) is 3.83. The Bertz CT molecular complexity index is 768. The maximum absolute atomic E-state index is 11.8. The summed E-state index contributed by atoms with van der Waals surface area (Å²) >= 11 is 1.70. The van der Waals surface area contributed by atoms with Crippen LogP contribution in [0, 0.1) is 11.5 Å². The van der Waals surface area contributed by atoms with E-state index in [1.54, 1.807) is 17.8 Å². The Morgan fingerprint density at radius 2 is 1.83 bits per heavy atom. The molecule has 2 rings (SSSR count). The second kappa shape index (κ2) is 8.23. The standard InChI is InChI=1S/C20H22O2SSi/c1-22-20(21)18-11-10-17(12-13-24(2,3)4)19(14-18)23-15-16-8-6-5-7-9-16/h5-11,14H,15H2,1-4H3. The van der Waals surface area contributed by atoms with Gasteiger partial charge in [0, 0.05) is 16.2 Å². The fourth-order valence-electron chi connectivity index (χ4n) is 1.98. The Morgan fingerprint density at radius 3 is 2.46 bits per heavy atom. The molecule has 2 aromatic carbocycles. The fraction of sp³-hybridized carbons (Fsp3) is 0.250. The van der Waals surface area contributed by atoms with E-state index >= 15 is 0 Å². The molecule has 0 bridgehead atoms. The number of methoxy groups -OCH3 is 1. The number of benzene rings is 2. The van der Waals surface area contributed by atoms with Gasteiger partial charge in [0.2, 0.25) is 0 Å². The van der Waals surface area contributed by atoms with Crippen LogP contribution < -0.4 is 0 Å². The van der Waals surface area contributed by atoms with E-state index in [2.05, 4.69) is 43.2 Å². The third kappa shape index (κ3) is 5.59. The van der Waals surface area contributed by atoms with E-state index in [1.165, 1.54) is 12.7 Å². The van der Waals surface area contributed by atoms with Gasteiger partial charge < -0.3 is 4.74 Å². The molecule has 0 aromatic heterocycles. The van der Waals surface area contributed by atoms with Gasteiger partial charge in [-0.15, -0.1) is 17.3 Å². The van der Waals surface area contributed by atoms with E-state index in [4.69, 9.17) is 4.74 Å². The fourth-order valence-corrected chi connectivity index (χ4v) is 3.49. The van der Waals surface area contributed by atoms with Gasteiger partial charge in [0.15, 0.2) is 0 Å². The Morgan fingerprint density at radius 1 is 1.12 bits per heavy atom. The van der Waals surface area contributed by atoms with Crippen molar-refractivity contribution in [1.29, 1.82) is 0 Å². The number of ether oxygens (including phenoxy) is 1. The summed E-state index contributed by atoms with van der Waals surface area (Å²) in [5.41, 5.74) is 6.18. The minimum atomic E-state index is -1.45. The van der Waals surface area contributed by atoms with Gasteiger partial charge >= 0.3 is 5.97 Å². The summed E-state index contributed by atoms with van der Waals surface area (Å²) in [4.78, 5) is 12.8. The summed E-state index contributed by atoms with van der Waals surface area (Å²) in [6, 6.07) is 15.9. The number of hydrogen-bond acceptors (Lipinski definition) is 3. The largest absolute Gasteiger partial charge is 0.465 e. The summed E-state index contributed by atoms with van der Waals surface area (Å²) < 4.78 is 4.83. The molecular weight excluding hydrogens is 332 g/mol. The molecule has 0 fully saturated rings. The molecule has 4 heteroatoms. The highest BCUT2D eigenvalue weighted by atomic mass is 32.2. The molecule has 0 saturated carbocycles. The van der Waals surface area contributed by atoms with Crippen molar-refractivity contribution in [2.75, 3.05) is 7.11 Å². The van der Waals surface area contributed by atoms with Crippen LogP contribution in [0.3, 0.4) is 0 Å². The van der Waals surface area contributed by atoms with E-state index in [-0.39, 0.29) is 5.97 Å². The number of thioether (sulfide) groups is 1. The van der Waals surface area contributed by atoms with Gasteiger partial charge in [-0.3, -0.25) is 0 Å². The van der Waals surface area contributed by atoms with E-state index in [0.717, 1.165) is 16.2 Å². The molecule has 2 aromatic rings. The van der Waals surface area contributed by atoms with Crippen molar-refractivity contribution < 1.29 is 9.53 Å². The molecule has 0 aliphatic rings. The number of rotatable bonds is 4. The van der Waals surface area contributed by atoms with Crippen LogP contribution in [0.2, 0.25) is 19.6 Å². The molecule has 0 aliphatic heterocycles. The molecule has 0 unspecified atom stereocenters. The predicted molar refractivity (Wildman–Crippen MR) is 104 cm³/mol. The first-order valence-electron chi connectivity index (χ1n) is 7.81. The monoisotopic (exact) mass is 354 g/mol. The first-order valence-corrected chi connectivity index (χ1v) is 12.3. The molecule has 2 nitrogen and oxygen atoms in total. The van der Waals surface area contributed by atoms with Gasteiger partial charge in [-0.1, -0.05) is 55.9 Å². The number of hydrogen-bond donors (Lipinski definition) is 0. The van der Waals surface area contributed by atoms with Gasteiger partial charge in [0.1, 0.15) is 8.07 Å². The van der Waals surface area contributed by atoms with Crippen molar-refractivity contribution in [3.05, 3.63) is 65.2 Å². The topological polar surface area (TPSA) is 26.3 Å². The Hall–Kier alpha value is -1.96. The highest BCUT2D eigenvalue weighted by molar-refractivity contribution is 7.98. The van der Waals surface area contributed by atoms with Gasteiger partial charge in [0.05, 0.1) is 12.7 Å². The quantitative estimate of drug-likeness (QED) is 0.335. The molecule has 0 atom stereocenters. The number of esters is 1. The van der Waals surface area contributed by atoms with Crippen LogP contribution in [-0.2, 0) is 10.5 Å². The molecule has 0 saturated heterocycles. The van der Waals surface area contributed by atoms with Crippen LogP contribution in [0.4, 0.5) is 0 Å². The minimum absolute atomic E-state index is 0.318. The van der Waals surface area contributed by atoms with Crippen molar-refractivity contribution >= 4 is 25.8 Å². The highest BCUT2D eigenvalue weighted by Crippen LogP contribution is 2.27. The third-order valence-electron chi connectivity index (χ3n) is 3.21. The van der Waals surface area contributed by atoms with Gasteiger partial charge in [-0.2, -0.15) is 0 Å². The second-order valence-electron chi connectivity index (χ2n) is 6.48. The van der Waals surface area contributed by atoms with Gasteiger partial charge in [0.25, 0.3) is 0 Å². The molecule has 0 amide bonds. The Balaban J connectivity index is 2.32. The molecule has 0 heterocycles. The van der Waals surface area contributed by atoms with E-state index in [9.17, 15) is 4.79 Å². The summed E-state index contributed by atoms with van der Waals surface area (Å²) in [5, 5.41) is 0. The van der Waals surface area contributed by atoms with Crippen molar-refractivity contribution in [2.45, 2.75) is 30.3 Å². The van der Waals surface area contributed by atoms with Gasteiger partial charge in [-0.25, -0.2) is 4.79 Å². The number of carbonyl (C=O) groups excluding carboxylic acids is 1. The summed E-state index contributed by atoms with van der Waals surface area (Å²) in [7, 11) is -0.0533.